The lowest BCUT2D eigenvalue weighted by Crippen LogP contribution is -1.82. The normalized spacial score (nSPS) is 12.9. The molecule has 0 saturated heterocycles. The quantitative estimate of drug-likeness (QED) is 0.511. The van der Waals surface area contributed by atoms with Crippen LogP contribution in [0.25, 0.3) is 6.08 Å². The second-order valence-corrected chi connectivity index (χ2v) is 2.86. The van der Waals surface area contributed by atoms with Crippen molar-refractivity contribution in [3.63, 3.8) is 0 Å². The summed E-state index contributed by atoms with van der Waals surface area (Å²) in [5.74, 6) is 0. The molecule has 0 heterocycles. The molecule has 2 nitrogen and oxygen atoms in total. The Labute approximate surface area is 84.7 Å². The van der Waals surface area contributed by atoms with Crippen molar-refractivity contribution in [3.8, 4) is 0 Å². The van der Waals surface area contributed by atoms with E-state index in [-0.39, 0.29) is 0 Å². The largest absolute Gasteiger partial charge is 0.164 e. The van der Waals surface area contributed by atoms with Gasteiger partial charge >= 0.3 is 0 Å². The summed E-state index contributed by atoms with van der Waals surface area (Å²) in [6, 6.07) is 10.1. The monoisotopic (exact) mass is 186 g/mol. The van der Waals surface area contributed by atoms with E-state index in [0.717, 1.165) is 5.71 Å². The van der Waals surface area contributed by atoms with E-state index in [4.69, 9.17) is 0 Å². The number of hydrogen-bond donors (Lipinski definition) is 0. The highest BCUT2D eigenvalue weighted by atomic mass is 15.2. The summed E-state index contributed by atoms with van der Waals surface area (Å²) < 4.78 is 0. The second-order valence-electron chi connectivity index (χ2n) is 2.86. The van der Waals surface area contributed by atoms with E-state index < -0.39 is 0 Å². The fourth-order valence-corrected chi connectivity index (χ4v) is 0.963. The molecule has 0 aliphatic carbocycles. The van der Waals surface area contributed by atoms with Gasteiger partial charge < -0.3 is 0 Å². The van der Waals surface area contributed by atoms with Crippen molar-refractivity contribution in [3.05, 3.63) is 42.0 Å². The molecule has 72 valence electrons. The molecule has 0 amide bonds. The first-order chi connectivity index (χ1) is 6.83. The van der Waals surface area contributed by atoms with Crippen LogP contribution in [0.5, 0.6) is 0 Å². The van der Waals surface area contributed by atoms with Crippen molar-refractivity contribution in [2.75, 3.05) is 0 Å². The molecule has 0 fully saturated rings. The third-order valence-corrected chi connectivity index (χ3v) is 1.65. The van der Waals surface area contributed by atoms with Gasteiger partial charge in [-0.25, -0.2) is 0 Å². The molecule has 0 spiro atoms. The lowest BCUT2D eigenvalue weighted by molar-refractivity contribution is 1.24. The SMILES string of the molecule is C/C=N/N=C(C)/C=C/c1ccccc1. The Bertz CT molecular complexity index is 348. The van der Waals surface area contributed by atoms with Gasteiger partial charge in [-0.15, -0.1) is 0 Å². The smallest absolute Gasteiger partial charge is 0.0599 e. The van der Waals surface area contributed by atoms with Crippen LogP contribution < -0.4 is 0 Å². The first-order valence-electron chi connectivity index (χ1n) is 4.58. The van der Waals surface area contributed by atoms with Gasteiger partial charge in [-0.2, -0.15) is 10.2 Å². The topological polar surface area (TPSA) is 24.7 Å². The molecule has 1 aromatic rings. The van der Waals surface area contributed by atoms with Crippen LogP contribution >= 0.6 is 0 Å². The van der Waals surface area contributed by atoms with Gasteiger partial charge in [-0.1, -0.05) is 36.4 Å². The average molecular weight is 186 g/mol. The summed E-state index contributed by atoms with van der Waals surface area (Å²) in [7, 11) is 0. The molecule has 0 radical (unpaired) electrons. The Balaban J connectivity index is 2.65. The molecule has 0 aromatic heterocycles. The summed E-state index contributed by atoms with van der Waals surface area (Å²) in [6.45, 7) is 3.77. The van der Waals surface area contributed by atoms with Gasteiger partial charge in [0, 0.05) is 6.21 Å². The fraction of sp³-hybridized carbons (Fsp3) is 0.167. The molecule has 0 N–H and O–H groups in total. The molecule has 0 saturated carbocycles. The zero-order chi connectivity index (χ0) is 10.2. The molecule has 14 heavy (non-hydrogen) atoms. The zero-order valence-electron chi connectivity index (χ0n) is 8.51. The Morgan fingerprint density at radius 2 is 1.93 bits per heavy atom. The summed E-state index contributed by atoms with van der Waals surface area (Å²) in [5.41, 5.74) is 2.06. The van der Waals surface area contributed by atoms with Crippen molar-refractivity contribution in [2.24, 2.45) is 10.2 Å². The van der Waals surface area contributed by atoms with Crippen LogP contribution in [0.2, 0.25) is 0 Å². The number of benzene rings is 1. The highest BCUT2D eigenvalue weighted by Crippen LogP contribution is 2.00. The van der Waals surface area contributed by atoms with Crippen LogP contribution in [0.4, 0.5) is 0 Å². The minimum atomic E-state index is 0.895. The van der Waals surface area contributed by atoms with E-state index in [9.17, 15) is 0 Å². The van der Waals surface area contributed by atoms with Crippen molar-refractivity contribution in [1.29, 1.82) is 0 Å². The number of hydrogen-bond acceptors (Lipinski definition) is 2. The molecule has 0 atom stereocenters. The summed E-state index contributed by atoms with van der Waals surface area (Å²) >= 11 is 0. The Hall–Kier alpha value is -1.70. The van der Waals surface area contributed by atoms with Crippen LogP contribution in [-0.2, 0) is 0 Å². The maximum absolute atomic E-state index is 3.96. The van der Waals surface area contributed by atoms with E-state index in [2.05, 4.69) is 10.2 Å². The van der Waals surface area contributed by atoms with Gasteiger partial charge in [0.05, 0.1) is 5.71 Å². The van der Waals surface area contributed by atoms with Gasteiger partial charge in [0.1, 0.15) is 0 Å². The van der Waals surface area contributed by atoms with E-state index in [1.165, 1.54) is 5.56 Å². The highest BCUT2D eigenvalue weighted by Gasteiger charge is 1.84. The van der Waals surface area contributed by atoms with Crippen molar-refractivity contribution >= 4 is 18.0 Å². The van der Waals surface area contributed by atoms with Crippen LogP contribution in [0.1, 0.15) is 19.4 Å². The van der Waals surface area contributed by atoms with E-state index in [0.29, 0.717) is 0 Å². The maximum Gasteiger partial charge on any atom is 0.0599 e. The molecular weight excluding hydrogens is 172 g/mol. The lowest BCUT2D eigenvalue weighted by atomic mass is 10.2. The average Bonchev–Trinajstić information content (AvgIpc) is 2.25. The summed E-state index contributed by atoms with van der Waals surface area (Å²) in [5, 5.41) is 7.75. The molecule has 0 bridgehead atoms. The fourth-order valence-electron chi connectivity index (χ4n) is 0.963. The summed E-state index contributed by atoms with van der Waals surface area (Å²) in [4.78, 5) is 0. The van der Waals surface area contributed by atoms with Crippen molar-refractivity contribution in [1.82, 2.24) is 0 Å². The predicted octanol–water partition coefficient (Wildman–Crippen LogP) is 3.17. The van der Waals surface area contributed by atoms with Gasteiger partial charge in [0.15, 0.2) is 0 Å². The summed E-state index contributed by atoms with van der Waals surface area (Å²) in [6.07, 6.45) is 5.63. The number of rotatable bonds is 3. The first-order valence-corrected chi connectivity index (χ1v) is 4.58. The highest BCUT2D eigenvalue weighted by molar-refractivity contribution is 5.96. The Kier molecular flexibility index (Phi) is 4.35. The van der Waals surface area contributed by atoms with Crippen molar-refractivity contribution in [2.45, 2.75) is 13.8 Å². The zero-order valence-corrected chi connectivity index (χ0v) is 8.51. The molecular formula is C12H14N2. The Morgan fingerprint density at radius 3 is 2.57 bits per heavy atom. The second kappa shape index (κ2) is 5.86. The third kappa shape index (κ3) is 3.81. The minimum Gasteiger partial charge on any atom is -0.164 e. The van der Waals surface area contributed by atoms with E-state index in [1.54, 1.807) is 6.21 Å². The van der Waals surface area contributed by atoms with Crippen LogP contribution in [0.15, 0.2) is 46.6 Å². The van der Waals surface area contributed by atoms with Crippen molar-refractivity contribution < 1.29 is 0 Å². The molecule has 2 heteroatoms. The Morgan fingerprint density at radius 1 is 1.21 bits per heavy atom. The molecule has 1 aromatic carbocycles. The van der Waals surface area contributed by atoms with E-state index >= 15 is 0 Å². The van der Waals surface area contributed by atoms with E-state index in [1.807, 2.05) is 56.3 Å². The lowest BCUT2D eigenvalue weighted by Gasteiger charge is -1.90. The van der Waals surface area contributed by atoms with Gasteiger partial charge in [0.2, 0.25) is 0 Å². The van der Waals surface area contributed by atoms with Gasteiger partial charge in [0.25, 0.3) is 0 Å². The molecule has 1 rings (SSSR count). The molecule has 0 aliphatic heterocycles. The van der Waals surface area contributed by atoms with Crippen LogP contribution in [-0.4, -0.2) is 11.9 Å². The first kappa shape index (κ1) is 10.4. The molecule has 0 aliphatic rings. The van der Waals surface area contributed by atoms with Gasteiger partial charge in [-0.3, -0.25) is 0 Å². The number of allylic oxidation sites excluding steroid dienone is 1. The maximum atomic E-state index is 3.96. The predicted molar refractivity (Wildman–Crippen MR) is 62.8 cm³/mol. The number of nitrogens with zero attached hydrogens (tertiary/aromatic N) is 2. The minimum absolute atomic E-state index is 0.895. The standard InChI is InChI=1S/C12H14N2/c1-3-13-14-11(2)9-10-12-7-5-4-6-8-12/h3-10H,1-2H3/b10-9+,13-3+,14-11+. The third-order valence-electron chi connectivity index (χ3n) is 1.65. The van der Waals surface area contributed by atoms with Crippen LogP contribution in [0, 0.1) is 0 Å². The molecule has 0 unspecified atom stereocenters. The van der Waals surface area contributed by atoms with Crippen LogP contribution in [0.3, 0.4) is 0 Å². The van der Waals surface area contributed by atoms with Gasteiger partial charge in [-0.05, 0) is 25.5 Å².